The molecule has 0 spiro atoms. The van der Waals surface area contributed by atoms with Gasteiger partial charge >= 0.3 is 0 Å². The fourth-order valence-electron chi connectivity index (χ4n) is 0.652. The van der Waals surface area contributed by atoms with E-state index in [1.54, 1.807) is 24.4 Å². The molecule has 0 amide bonds. The van der Waals surface area contributed by atoms with Gasteiger partial charge in [0.15, 0.2) is 6.19 Å². The van der Waals surface area contributed by atoms with Gasteiger partial charge in [0, 0.05) is 0 Å². The van der Waals surface area contributed by atoms with Gasteiger partial charge in [-0.15, -0.1) is 5.11 Å². The first-order valence-corrected chi connectivity index (χ1v) is 3.99. The van der Waals surface area contributed by atoms with Crippen molar-refractivity contribution in [1.82, 2.24) is 5.43 Å². The van der Waals surface area contributed by atoms with Gasteiger partial charge in [-0.3, -0.25) is 0 Å². The molecule has 0 aliphatic carbocycles. The molecule has 13 heavy (non-hydrogen) atoms. The predicted octanol–water partition coefficient (Wildman–Crippen LogP) is 3.06. The third-order valence-electron chi connectivity index (χ3n) is 1.17. The largest absolute Gasteiger partial charge is 0.200 e. The summed E-state index contributed by atoms with van der Waals surface area (Å²) in [6.07, 6.45) is 1.59. The van der Waals surface area contributed by atoms with Gasteiger partial charge in [-0.25, -0.2) is 0 Å². The average Bonchev–Trinajstić information content (AvgIpc) is 2.12. The molecule has 1 rings (SSSR count). The van der Waals surface area contributed by atoms with Crippen LogP contribution in [0.25, 0.3) is 0 Å². The zero-order chi connectivity index (χ0) is 9.68. The van der Waals surface area contributed by atoms with Crippen LogP contribution in [0.4, 0.5) is 5.69 Å². The van der Waals surface area contributed by atoms with Gasteiger partial charge in [-0.2, -0.15) is 10.7 Å². The fourth-order valence-corrected chi connectivity index (χ4v) is 0.945. The molecule has 0 heterocycles. The van der Waals surface area contributed by atoms with Crippen LogP contribution in [0, 0.1) is 11.5 Å². The molecule has 1 aromatic rings. The summed E-state index contributed by atoms with van der Waals surface area (Å²) in [5.41, 5.74) is 2.54. The summed E-state index contributed by atoms with van der Waals surface area (Å²) < 4.78 is 0. The lowest BCUT2D eigenvalue weighted by molar-refractivity contribution is 0.887. The maximum Gasteiger partial charge on any atom is 0.200 e. The summed E-state index contributed by atoms with van der Waals surface area (Å²) in [7, 11) is 0. The molecule has 0 atom stereocenters. The van der Waals surface area contributed by atoms with Gasteiger partial charge in [0.2, 0.25) is 0 Å². The first-order chi connectivity index (χ1) is 6.24. The highest BCUT2D eigenvalue weighted by Crippen LogP contribution is 2.26. The lowest BCUT2D eigenvalue weighted by atomic mass is 10.3. The van der Waals surface area contributed by atoms with E-state index < -0.39 is 0 Å². The van der Waals surface area contributed by atoms with Crippen LogP contribution in [0.1, 0.15) is 0 Å². The molecule has 66 valence electrons. The highest BCUT2D eigenvalue weighted by molar-refractivity contribution is 6.42. The molecule has 0 bridgehead atoms. The molecule has 1 N–H and O–H groups in total. The summed E-state index contributed by atoms with van der Waals surface area (Å²) in [5, 5.41) is 15.9. The molecule has 6 heteroatoms. The summed E-state index contributed by atoms with van der Waals surface area (Å²) >= 11 is 11.4. The number of hydrogen-bond donors (Lipinski definition) is 1. The van der Waals surface area contributed by atoms with Crippen LogP contribution in [-0.4, -0.2) is 0 Å². The third-order valence-corrected chi connectivity index (χ3v) is 1.91. The summed E-state index contributed by atoms with van der Waals surface area (Å²) in [4.78, 5) is 0. The summed E-state index contributed by atoms with van der Waals surface area (Å²) in [5.74, 6) is 0. The number of rotatable bonds is 2. The number of halogens is 2. The molecule has 0 unspecified atom stereocenters. The van der Waals surface area contributed by atoms with Crippen molar-refractivity contribution in [3.8, 4) is 6.19 Å². The molecule has 4 nitrogen and oxygen atoms in total. The average molecular weight is 215 g/mol. The van der Waals surface area contributed by atoms with Crippen molar-refractivity contribution in [2.75, 3.05) is 0 Å². The van der Waals surface area contributed by atoms with Crippen LogP contribution in [0.5, 0.6) is 0 Å². The molecule has 0 fully saturated rings. The van der Waals surface area contributed by atoms with E-state index in [1.165, 1.54) is 0 Å². The van der Waals surface area contributed by atoms with Crippen LogP contribution in [-0.2, 0) is 0 Å². The Bertz CT molecular complexity index is 369. The minimum atomic E-state index is 0.398. The first-order valence-electron chi connectivity index (χ1n) is 3.24. The van der Waals surface area contributed by atoms with E-state index in [1.807, 2.05) is 5.43 Å². The normalized spacial score (nSPS) is 9.92. The van der Waals surface area contributed by atoms with Gasteiger partial charge in [-0.05, 0) is 18.2 Å². The van der Waals surface area contributed by atoms with Crippen molar-refractivity contribution in [3.63, 3.8) is 0 Å². The van der Waals surface area contributed by atoms with Crippen LogP contribution >= 0.6 is 23.2 Å². The van der Waals surface area contributed by atoms with Crippen molar-refractivity contribution in [1.29, 1.82) is 5.26 Å². The zero-order valence-corrected chi connectivity index (χ0v) is 7.84. The quantitative estimate of drug-likeness (QED) is 0.356. The number of hydrogen-bond acceptors (Lipinski definition) is 3. The molecular weight excluding hydrogens is 211 g/mol. The predicted molar refractivity (Wildman–Crippen MR) is 49.7 cm³/mol. The zero-order valence-electron chi connectivity index (χ0n) is 6.33. The number of benzene rings is 1. The van der Waals surface area contributed by atoms with E-state index in [2.05, 4.69) is 10.3 Å². The van der Waals surface area contributed by atoms with Crippen LogP contribution < -0.4 is 5.43 Å². The van der Waals surface area contributed by atoms with E-state index >= 15 is 0 Å². The van der Waals surface area contributed by atoms with Crippen molar-refractivity contribution >= 4 is 28.9 Å². The van der Waals surface area contributed by atoms with Crippen molar-refractivity contribution < 1.29 is 0 Å². The molecule has 0 saturated carbocycles. The Morgan fingerprint density at radius 2 is 2.08 bits per heavy atom. The maximum atomic E-state index is 8.08. The lowest BCUT2D eigenvalue weighted by Crippen LogP contribution is -1.88. The first kappa shape index (κ1) is 9.78. The van der Waals surface area contributed by atoms with Gasteiger partial charge < -0.3 is 0 Å². The second-order valence-electron chi connectivity index (χ2n) is 2.02. The number of nitriles is 1. The van der Waals surface area contributed by atoms with E-state index in [0.29, 0.717) is 15.7 Å². The Hall–Kier alpha value is -1.31. The monoisotopic (exact) mass is 214 g/mol. The molecular formula is C7H4Cl2N4. The Labute approximate surface area is 84.8 Å². The second-order valence-corrected chi connectivity index (χ2v) is 2.84. The van der Waals surface area contributed by atoms with E-state index in [9.17, 15) is 0 Å². The Morgan fingerprint density at radius 3 is 2.69 bits per heavy atom. The standard InChI is InChI=1S/C7H4Cl2N4/c8-6-2-1-5(3-7(6)9)12-13-11-4-10/h1-3H,(H,11,12). The Balaban J connectivity index is 2.81. The summed E-state index contributed by atoms with van der Waals surface area (Å²) in [6.45, 7) is 0. The second kappa shape index (κ2) is 4.65. The molecule has 0 aromatic heterocycles. The van der Waals surface area contributed by atoms with Gasteiger partial charge in [0.25, 0.3) is 0 Å². The molecule has 0 radical (unpaired) electrons. The minimum Gasteiger partial charge on any atom is -0.194 e. The molecule has 1 aromatic carbocycles. The van der Waals surface area contributed by atoms with E-state index in [-0.39, 0.29) is 0 Å². The highest BCUT2D eigenvalue weighted by Gasteiger charge is 1.97. The topological polar surface area (TPSA) is 60.5 Å². The number of nitrogens with zero attached hydrogens (tertiary/aromatic N) is 3. The van der Waals surface area contributed by atoms with Gasteiger partial charge in [-0.1, -0.05) is 28.4 Å². The van der Waals surface area contributed by atoms with Crippen molar-refractivity contribution in [2.24, 2.45) is 10.3 Å². The van der Waals surface area contributed by atoms with Gasteiger partial charge in [0.05, 0.1) is 15.7 Å². The molecule has 0 saturated heterocycles. The highest BCUT2D eigenvalue weighted by atomic mass is 35.5. The van der Waals surface area contributed by atoms with E-state index in [0.717, 1.165) is 0 Å². The molecule has 0 aliphatic heterocycles. The maximum absolute atomic E-state index is 8.08. The Morgan fingerprint density at radius 1 is 1.31 bits per heavy atom. The van der Waals surface area contributed by atoms with E-state index in [4.69, 9.17) is 28.5 Å². The minimum absolute atomic E-state index is 0.398. The van der Waals surface area contributed by atoms with Crippen LogP contribution in [0.2, 0.25) is 10.0 Å². The summed E-state index contributed by atoms with van der Waals surface area (Å²) in [6, 6.07) is 4.79. The Kier molecular flexibility index (Phi) is 3.50. The molecule has 0 aliphatic rings. The van der Waals surface area contributed by atoms with Crippen molar-refractivity contribution in [2.45, 2.75) is 0 Å². The van der Waals surface area contributed by atoms with Crippen LogP contribution in [0.3, 0.4) is 0 Å². The van der Waals surface area contributed by atoms with Gasteiger partial charge in [0.1, 0.15) is 0 Å². The smallest absolute Gasteiger partial charge is 0.194 e. The fraction of sp³-hybridized carbons (Fsp3) is 0. The third kappa shape index (κ3) is 2.90. The number of nitrogens with one attached hydrogen (secondary N) is 1. The van der Waals surface area contributed by atoms with Crippen molar-refractivity contribution in [3.05, 3.63) is 28.2 Å². The lowest BCUT2D eigenvalue weighted by Gasteiger charge is -1.94. The van der Waals surface area contributed by atoms with Crippen LogP contribution in [0.15, 0.2) is 28.5 Å². The SMILES string of the molecule is N#CNN=Nc1ccc(Cl)c(Cl)c1.